The third-order valence-corrected chi connectivity index (χ3v) is 4.65. The molecule has 0 radical (unpaired) electrons. The van der Waals surface area contributed by atoms with E-state index in [9.17, 15) is 18.8 Å². The minimum atomic E-state index is -1.46. The summed E-state index contributed by atoms with van der Waals surface area (Å²) < 4.78 is 18.5. The summed E-state index contributed by atoms with van der Waals surface area (Å²) in [5.74, 6) is -0.932. The maximum absolute atomic E-state index is 12.9. The molecule has 27 heavy (non-hydrogen) atoms. The zero-order chi connectivity index (χ0) is 19.0. The van der Waals surface area contributed by atoms with E-state index in [1.807, 2.05) is 0 Å². The zero-order valence-electron chi connectivity index (χ0n) is 14.1. The smallest absolute Gasteiger partial charge is 0.328 e. The number of nitrogens with zero attached hydrogens (tertiary/aromatic N) is 2. The Kier molecular flexibility index (Phi) is 3.98. The van der Waals surface area contributed by atoms with Crippen LogP contribution < -0.4 is 20.3 Å². The third kappa shape index (κ3) is 2.86. The average Bonchev–Trinajstić information content (AvgIpc) is 3.09. The summed E-state index contributed by atoms with van der Waals surface area (Å²) >= 11 is 0. The number of halogens is 1. The van der Waals surface area contributed by atoms with Gasteiger partial charge in [0.1, 0.15) is 11.6 Å². The van der Waals surface area contributed by atoms with Crippen LogP contribution in [0, 0.1) is 5.82 Å². The molecule has 0 saturated carbocycles. The second-order valence-corrected chi connectivity index (χ2v) is 6.26. The summed E-state index contributed by atoms with van der Waals surface area (Å²) in [7, 11) is 0. The van der Waals surface area contributed by atoms with Crippen LogP contribution in [-0.4, -0.2) is 34.9 Å². The number of barbiturate groups is 1. The van der Waals surface area contributed by atoms with E-state index >= 15 is 0 Å². The molecule has 4 rings (SSSR count). The highest BCUT2D eigenvalue weighted by Crippen LogP contribution is 2.36. The number of anilines is 1. The molecule has 2 saturated heterocycles. The Hall–Kier alpha value is -3.49. The van der Waals surface area contributed by atoms with Crippen LogP contribution in [0.1, 0.15) is 12.8 Å². The molecule has 0 unspecified atom stereocenters. The van der Waals surface area contributed by atoms with Gasteiger partial charge in [-0.05, 0) is 43.2 Å². The predicted octanol–water partition coefficient (Wildman–Crippen LogP) is 1.72. The van der Waals surface area contributed by atoms with Crippen LogP contribution in [0.25, 0.3) is 0 Å². The first-order chi connectivity index (χ1) is 13.0. The first-order valence-corrected chi connectivity index (χ1v) is 8.33. The van der Waals surface area contributed by atoms with Crippen LogP contribution in [0.15, 0.2) is 42.6 Å². The summed E-state index contributed by atoms with van der Waals surface area (Å²) in [6, 6.07) is 7.97. The number of carbonyl (C=O) groups excluding carboxylic acids is 3. The number of aromatic nitrogens is 1. The van der Waals surface area contributed by atoms with Crippen molar-refractivity contribution in [3.05, 3.63) is 48.4 Å². The van der Waals surface area contributed by atoms with Gasteiger partial charge in [-0.1, -0.05) is 0 Å². The summed E-state index contributed by atoms with van der Waals surface area (Å²) in [4.78, 5) is 42.1. The normalized spacial score (nSPS) is 18.4. The fraction of sp³-hybridized carbons (Fsp3) is 0.222. The molecule has 9 heteroatoms. The third-order valence-electron chi connectivity index (χ3n) is 4.65. The van der Waals surface area contributed by atoms with Gasteiger partial charge in [0.15, 0.2) is 5.54 Å². The van der Waals surface area contributed by atoms with Crippen molar-refractivity contribution >= 4 is 23.5 Å². The molecule has 3 heterocycles. The van der Waals surface area contributed by atoms with Crippen molar-refractivity contribution in [2.75, 3.05) is 11.4 Å². The standard InChI is InChI=1S/C18H15FN4O4/c19-11-2-5-13(6-3-11)27-14-7-4-12(10-20-14)23-9-1-8-18(23)15(24)21-17(26)22-16(18)25/h2-7,10H,1,8-9H2,(H2,21,22,24,25,26). The number of hydrogen-bond acceptors (Lipinski definition) is 6. The molecule has 2 N–H and O–H groups in total. The van der Waals surface area contributed by atoms with Crippen molar-refractivity contribution in [3.63, 3.8) is 0 Å². The molecule has 1 aromatic heterocycles. The molecular weight excluding hydrogens is 355 g/mol. The van der Waals surface area contributed by atoms with E-state index in [1.165, 1.54) is 30.5 Å². The summed E-state index contributed by atoms with van der Waals surface area (Å²) in [6.45, 7) is 0.467. The molecule has 138 valence electrons. The quantitative estimate of drug-likeness (QED) is 0.798. The Morgan fingerprint density at radius 1 is 1.04 bits per heavy atom. The van der Waals surface area contributed by atoms with E-state index < -0.39 is 23.4 Å². The molecule has 0 bridgehead atoms. The van der Waals surface area contributed by atoms with Gasteiger partial charge in [0, 0.05) is 12.6 Å². The largest absolute Gasteiger partial charge is 0.439 e. The van der Waals surface area contributed by atoms with Crippen molar-refractivity contribution in [2.45, 2.75) is 18.4 Å². The summed E-state index contributed by atoms with van der Waals surface area (Å²) in [5.41, 5.74) is -0.909. The maximum atomic E-state index is 12.9. The number of pyridine rings is 1. The van der Waals surface area contributed by atoms with Gasteiger partial charge in [-0.2, -0.15) is 0 Å². The number of imide groups is 2. The Morgan fingerprint density at radius 3 is 2.37 bits per heavy atom. The van der Waals surface area contributed by atoms with Crippen molar-refractivity contribution in [1.29, 1.82) is 0 Å². The van der Waals surface area contributed by atoms with E-state index in [2.05, 4.69) is 15.6 Å². The van der Waals surface area contributed by atoms with Crippen molar-refractivity contribution in [1.82, 2.24) is 15.6 Å². The van der Waals surface area contributed by atoms with Gasteiger partial charge in [-0.3, -0.25) is 20.2 Å². The molecule has 8 nitrogen and oxygen atoms in total. The van der Waals surface area contributed by atoms with Crippen LogP contribution in [-0.2, 0) is 9.59 Å². The zero-order valence-corrected chi connectivity index (χ0v) is 14.1. The number of nitrogens with one attached hydrogen (secondary N) is 2. The average molecular weight is 370 g/mol. The van der Waals surface area contributed by atoms with E-state index in [0.717, 1.165) is 0 Å². The Morgan fingerprint density at radius 2 is 1.74 bits per heavy atom. The topological polar surface area (TPSA) is 101 Å². The predicted molar refractivity (Wildman–Crippen MR) is 91.7 cm³/mol. The lowest BCUT2D eigenvalue weighted by Crippen LogP contribution is -2.71. The number of rotatable bonds is 3. The van der Waals surface area contributed by atoms with Gasteiger partial charge in [0.05, 0.1) is 11.9 Å². The lowest BCUT2D eigenvalue weighted by molar-refractivity contribution is -0.137. The van der Waals surface area contributed by atoms with Crippen LogP contribution in [0.3, 0.4) is 0 Å². The van der Waals surface area contributed by atoms with Gasteiger partial charge in [-0.15, -0.1) is 0 Å². The SMILES string of the molecule is O=C1NC(=O)C2(CCCN2c2ccc(Oc3ccc(F)cc3)nc2)C(=O)N1. The monoisotopic (exact) mass is 370 g/mol. The van der Waals surface area contributed by atoms with E-state index in [4.69, 9.17) is 4.74 Å². The van der Waals surface area contributed by atoms with Gasteiger partial charge < -0.3 is 9.64 Å². The summed E-state index contributed by atoms with van der Waals surface area (Å²) in [6.07, 6.45) is 2.40. The minimum Gasteiger partial charge on any atom is -0.439 e. The van der Waals surface area contributed by atoms with Crippen molar-refractivity contribution in [2.24, 2.45) is 0 Å². The highest BCUT2D eigenvalue weighted by molar-refractivity contribution is 6.24. The lowest BCUT2D eigenvalue weighted by atomic mass is 9.92. The van der Waals surface area contributed by atoms with Crippen molar-refractivity contribution in [3.8, 4) is 11.6 Å². The minimum absolute atomic E-state index is 0.284. The number of amides is 4. The Balaban J connectivity index is 1.58. The molecule has 0 atom stereocenters. The highest BCUT2D eigenvalue weighted by Gasteiger charge is 2.57. The number of urea groups is 1. The fourth-order valence-electron chi connectivity index (χ4n) is 3.40. The van der Waals surface area contributed by atoms with Gasteiger partial charge in [-0.25, -0.2) is 14.2 Å². The molecule has 2 fully saturated rings. The van der Waals surface area contributed by atoms with E-state index in [-0.39, 0.29) is 11.7 Å². The van der Waals surface area contributed by atoms with Gasteiger partial charge >= 0.3 is 6.03 Å². The van der Waals surface area contributed by atoms with Crippen molar-refractivity contribution < 1.29 is 23.5 Å². The highest BCUT2D eigenvalue weighted by atomic mass is 19.1. The second-order valence-electron chi connectivity index (χ2n) is 6.26. The number of carbonyl (C=O) groups is 3. The number of ether oxygens (including phenoxy) is 1. The van der Waals surface area contributed by atoms with E-state index in [1.54, 1.807) is 17.0 Å². The van der Waals surface area contributed by atoms with Gasteiger partial charge in [0.25, 0.3) is 11.8 Å². The maximum Gasteiger partial charge on any atom is 0.328 e. The van der Waals surface area contributed by atoms with Crippen LogP contribution >= 0.6 is 0 Å². The molecule has 4 amide bonds. The number of benzene rings is 1. The molecule has 1 spiro atoms. The number of hydrogen-bond donors (Lipinski definition) is 2. The molecule has 2 aromatic rings. The first kappa shape index (κ1) is 17.0. The lowest BCUT2D eigenvalue weighted by Gasteiger charge is -2.38. The summed E-state index contributed by atoms with van der Waals surface area (Å²) in [5, 5.41) is 4.33. The molecule has 1 aromatic carbocycles. The first-order valence-electron chi connectivity index (χ1n) is 8.33. The van der Waals surface area contributed by atoms with Crippen LogP contribution in [0.2, 0.25) is 0 Å². The molecule has 0 aliphatic carbocycles. The fourth-order valence-corrected chi connectivity index (χ4v) is 3.40. The van der Waals surface area contributed by atoms with Gasteiger partial charge in [0.2, 0.25) is 5.88 Å². The molecule has 2 aliphatic rings. The van der Waals surface area contributed by atoms with Crippen LogP contribution in [0.4, 0.5) is 14.9 Å². The Labute approximate surface area is 153 Å². The molecular formula is C18H15FN4O4. The Bertz CT molecular complexity index is 894. The molecule has 2 aliphatic heterocycles. The van der Waals surface area contributed by atoms with Crippen LogP contribution in [0.5, 0.6) is 11.6 Å². The second kappa shape index (κ2) is 6.35. The van der Waals surface area contributed by atoms with E-state index in [0.29, 0.717) is 30.8 Å².